The molecule has 0 saturated heterocycles. The van der Waals surface area contributed by atoms with Crippen molar-refractivity contribution in [2.75, 3.05) is 37.7 Å². The molecule has 0 heterocycles. The van der Waals surface area contributed by atoms with Crippen LogP contribution >= 0.6 is 11.6 Å². The van der Waals surface area contributed by atoms with Gasteiger partial charge in [-0.05, 0) is 24.1 Å². The Bertz CT molecular complexity index is 486. The van der Waals surface area contributed by atoms with Gasteiger partial charge in [-0.25, -0.2) is 12.7 Å². The molecule has 0 bridgehead atoms. The molecule has 0 radical (unpaired) electrons. The van der Waals surface area contributed by atoms with Gasteiger partial charge in [0.15, 0.2) is 0 Å². The molecular weight excluding hydrogens is 284 g/mol. The second-order valence-electron chi connectivity index (χ2n) is 4.68. The van der Waals surface area contributed by atoms with E-state index in [9.17, 15) is 8.42 Å². The highest BCUT2D eigenvalue weighted by Crippen LogP contribution is 2.14. The zero-order valence-electron chi connectivity index (χ0n) is 11.6. The van der Waals surface area contributed by atoms with Crippen LogP contribution in [0.15, 0.2) is 24.3 Å². The lowest BCUT2D eigenvalue weighted by Gasteiger charge is -2.18. The first kappa shape index (κ1) is 16.3. The van der Waals surface area contributed by atoms with Crippen molar-refractivity contribution in [1.82, 2.24) is 4.31 Å². The fourth-order valence-electron chi connectivity index (χ4n) is 1.65. The van der Waals surface area contributed by atoms with Crippen molar-refractivity contribution >= 4 is 27.3 Å². The number of rotatable bonds is 7. The summed E-state index contributed by atoms with van der Waals surface area (Å²) in [5.74, 6) is 0.466. The molecule has 6 heteroatoms. The average molecular weight is 305 g/mol. The summed E-state index contributed by atoms with van der Waals surface area (Å²) in [6.07, 6.45) is 0.480. The average Bonchev–Trinajstić information content (AvgIpc) is 2.37. The summed E-state index contributed by atoms with van der Waals surface area (Å²) in [6.45, 7) is 0.387. The summed E-state index contributed by atoms with van der Waals surface area (Å²) in [6, 6.07) is 7.86. The van der Waals surface area contributed by atoms with Crippen molar-refractivity contribution < 1.29 is 8.42 Å². The number of hydrogen-bond acceptors (Lipinski definition) is 3. The minimum atomic E-state index is -3.21. The van der Waals surface area contributed by atoms with Crippen molar-refractivity contribution in [3.8, 4) is 0 Å². The molecule has 0 atom stereocenters. The largest absolute Gasteiger partial charge is 0.378 e. The highest BCUT2D eigenvalue weighted by molar-refractivity contribution is 7.89. The summed E-state index contributed by atoms with van der Waals surface area (Å²) in [5.41, 5.74) is 2.07. The van der Waals surface area contributed by atoms with Crippen LogP contribution in [0, 0.1) is 0 Å². The van der Waals surface area contributed by atoms with Gasteiger partial charge < -0.3 is 4.90 Å². The number of nitrogens with zero attached hydrogens (tertiary/aromatic N) is 2. The predicted molar refractivity (Wildman–Crippen MR) is 81.4 cm³/mol. The van der Waals surface area contributed by atoms with E-state index >= 15 is 0 Å². The van der Waals surface area contributed by atoms with E-state index < -0.39 is 10.0 Å². The van der Waals surface area contributed by atoms with Crippen molar-refractivity contribution in [3.63, 3.8) is 0 Å². The Morgan fingerprint density at radius 3 is 2.16 bits per heavy atom. The summed E-state index contributed by atoms with van der Waals surface area (Å²) in [7, 11) is 2.33. The maximum Gasteiger partial charge on any atom is 0.214 e. The van der Waals surface area contributed by atoms with Crippen LogP contribution in [0.1, 0.15) is 12.0 Å². The summed E-state index contributed by atoms with van der Waals surface area (Å²) in [5, 5.41) is 0. The highest BCUT2D eigenvalue weighted by atomic mass is 35.5. The number of halogens is 1. The van der Waals surface area contributed by atoms with Crippen molar-refractivity contribution in [2.45, 2.75) is 13.0 Å². The zero-order valence-corrected chi connectivity index (χ0v) is 13.2. The Balaban J connectivity index is 2.68. The maximum atomic E-state index is 11.9. The topological polar surface area (TPSA) is 40.6 Å². The zero-order chi connectivity index (χ0) is 14.5. The molecule has 0 fully saturated rings. The maximum absolute atomic E-state index is 11.9. The van der Waals surface area contributed by atoms with Crippen molar-refractivity contribution in [3.05, 3.63) is 29.8 Å². The van der Waals surface area contributed by atoms with E-state index in [-0.39, 0.29) is 5.75 Å². The van der Waals surface area contributed by atoms with E-state index in [4.69, 9.17) is 11.6 Å². The normalized spacial score (nSPS) is 11.8. The summed E-state index contributed by atoms with van der Waals surface area (Å²) < 4.78 is 25.2. The Hall–Kier alpha value is -0.780. The van der Waals surface area contributed by atoms with E-state index in [0.29, 0.717) is 18.8 Å². The molecule has 0 aliphatic heterocycles. The van der Waals surface area contributed by atoms with Gasteiger partial charge in [0, 0.05) is 39.3 Å². The van der Waals surface area contributed by atoms with Gasteiger partial charge in [0.25, 0.3) is 0 Å². The summed E-state index contributed by atoms with van der Waals surface area (Å²) >= 11 is 5.53. The van der Waals surface area contributed by atoms with Crippen LogP contribution in [0.5, 0.6) is 0 Å². The first-order valence-corrected chi connectivity index (χ1v) is 8.27. The van der Waals surface area contributed by atoms with Gasteiger partial charge in [0.2, 0.25) is 10.0 Å². The van der Waals surface area contributed by atoms with Crippen LogP contribution in [0.2, 0.25) is 0 Å². The molecule has 0 saturated carbocycles. The first-order chi connectivity index (χ1) is 8.86. The monoisotopic (exact) mass is 304 g/mol. The van der Waals surface area contributed by atoms with E-state index in [1.807, 2.05) is 43.3 Å². The molecule has 1 aromatic rings. The molecule has 0 aliphatic rings. The lowest BCUT2D eigenvalue weighted by Crippen LogP contribution is -2.29. The molecule has 0 amide bonds. The number of sulfonamides is 1. The number of anilines is 1. The van der Waals surface area contributed by atoms with Gasteiger partial charge in [-0.3, -0.25) is 0 Å². The third kappa shape index (κ3) is 5.01. The van der Waals surface area contributed by atoms with Crippen LogP contribution in [0.3, 0.4) is 0 Å². The lowest BCUT2D eigenvalue weighted by molar-refractivity contribution is 0.466. The predicted octanol–water partition coefficient (Wildman–Crippen LogP) is 2.14. The molecule has 0 aromatic heterocycles. The van der Waals surface area contributed by atoms with Gasteiger partial charge in [-0.1, -0.05) is 12.1 Å². The molecule has 0 unspecified atom stereocenters. The van der Waals surface area contributed by atoms with Crippen LogP contribution in [-0.2, 0) is 16.6 Å². The Labute approximate surface area is 121 Å². The van der Waals surface area contributed by atoms with Gasteiger partial charge in [-0.2, -0.15) is 0 Å². The SMILES string of the molecule is CN(C)c1ccc(CN(C)S(=O)(=O)CCCCl)cc1. The smallest absolute Gasteiger partial charge is 0.214 e. The second kappa shape index (κ2) is 7.12. The van der Waals surface area contributed by atoms with Crippen molar-refractivity contribution in [2.24, 2.45) is 0 Å². The molecule has 4 nitrogen and oxygen atoms in total. The van der Waals surface area contributed by atoms with Gasteiger partial charge in [0.1, 0.15) is 0 Å². The fraction of sp³-hybridized carbons (Fsp3) is 0.538. The quantitative estimate of drug-likeness (QED) is 0.725. The first-order valence-electron chi connectivity index (χ1n) is 6.13. The number of benzene rings is 1. The van der Waals surface area contributed by atoms with E-state index in [1.165, 1.54) is 4.31 Å². The molecule has 0 aliphatic carbocycles. The van der Waals surface area contributed by atoms with Crippen LogP contribution in [0.4, 0.5) is 5.69 Å². The van der Waals surface area contributed by atoms with E-state index in [2.05, 4.69) is 0 Å². The second-order valence-corrected chi connectivity index (χ2v) is 7.25. The van der Waals surface area contributed by atoms with Gasteiger partial charge in [0.05, 0.1) is 5.75 Å². The van der Waals surface area contributed by atoms with E-state index in [1.54, 1.807) is 7.05 Å². The van der Waals surface area contributed by atoms with E-state index in [0.717, 1.165) is 11.3 Å². The lowest BCUT2D eigenvalue weighted by atomic mass is 10.2. The molecule has 108 valence electrons. The molecule has 0 N–H and O–H groups in total. The Morgan fingerprint density at radius 1 is 1.11 bits per heavy atom. The van der Waals surface area contributed by atoms with Gasteiger partial charge >= 0.3 is 0 Å². The van der Waals surface area contributed by atoms with Crippen LogP contribution in [-0.4, -0.2) is 45.5 Å². The molecule has 0 spiro atoms. The van der Waals surface area contributed by atoms with Crippen molar-refractivity contribution in [1.29, 1.82) is 0 Å². The van der Waals surface area contributed by atoms with Crippen LogP contribution in [0.25, 0.3) is 0 Å². The molecular formula is C13H21ClN2O2S. The third-order valence-electron chi connectivity index (χ3n) is 2.87. The molecule has 1 aromatic carbocycles. The minimum Gasteiger partial charge on any atom is -0.378 e. The Morgan fingerprint density at radius 2 is 1.68 bits per heavy atom. The van der Waals surface area contributed by atoms with Gasteiger partial charge in [-0.15, -0.1) is 11.6 Å². The molecule has 1 rings (SSSR count). The number of alkyl halides is 1. The standard InChI is InChI=1S/C13H21ClN2O2S/c1-15(2)13-7-5-12(6-8-13)11-16(3)19(17,18)10-4-9-14/h5-8H,4,9-11H2,1-3H3. The number of hydrogen-bond donors (Lipinski definition) is 0. The molecule has 19 heavy (non-hydrogen) atoms. The van der Waals surface area contributed by atoms with Crippen LogP contribution < -0.4 is 4.90 Å². The fourth-order valence-corrected chi connectivity index (χ4v) is 3.11. The highest BCUT2D eigenvalue weighted by Gasteiger charge is 2.17. The summed E-state index contributed by atoms with van der Waals surface area (Å²) in [4.78, 5) is 2.00. The third-order valence-corrected chi connectivity index (χ3v) is 5.02. The minimum absolute atomic E-state index is 0.1000. The Kier molecular flexibility index (Phi) is 6.10.